The van der Waals surface area contributed by atoms with Crippen LogP contribution in [0.1, 0.15) is 19.8 Å². The van der Waals surface area contributed by atoms with E-state index in [2.05, 4.69) is 12.2 Å². The van der Waals surface area contributed by atoms with Gasteiger partial charge in [0.1, 0.15) is 6.23 Å². The van der Waals surface area contributed by atoms with Gasteiger partial charge in [-0.15, -0.1) is 12.4 Å². The molecule has 1 aliphatic heterocycles. The summed E-state index contributed by atoms with van der Waals surface area (Å²) in [7, 11) is 0. The zero-order chi connectivity index (χ0) is 7.40. The number of hydrogen-bond donors (Lipinski definition) is 2. The smallest absolute Gasteiger partial charge is 0.108 e. The second-order valence-corrected chi connectivity index (χ2v) is 2.76. The fourth-order valence-corrected chi connectivity index (χ4v) is 1.12. The molecule has 1 heterocycles. The predicted molar refractivity (Wildman–Crippen MR) is 45.9 cm³/mol. The quantitative estimate of drug-likeness (QED) is 0.667. The van der Waals surface area contributed by atoms with Crippen LogP contribution in [0.5, 0.6) is 0 Å². The minimum atomic E-state index is 0. The Morgan fingerprint density at radius 3 is 2.82 bits per heavy atom. The first-order valence-corrected chi connectivity index (χ1v) is 3.81. The minimum Gasteiger partial charge on any atom is -0.396 e. The first kappa shape index (κ1) is 11.2. The third-order valence-electron chi connectivity index (χ3n) is 1.64. The Labute approximate surface area is 73.5 Å². The molecular formula is C7H16ClNO2. The lowest BCUT2D eigenvalue weighted by Crippen LogP contribution is -2.28. The fourth-order valence-electron chi connectivity index (χ4n) is 1.12. The zero-order valence-electron chi connectivity index (χ0n) is 6.75. The maximum Gasteiger partial charge on any atom is 0.108 e. The predicted octanol–water partition coefficient (Wildman–Crippen LogP) is 0.515. The van der Waals surface area contributed by atoms with Gasteiger partial charge in [-0.25, -0.2) is 0 Å². The molecule has 1 rings (SSSR count). The number of aliphatic hydroxyl groups excluding tert-OH is 1. The summed E-state index contributed by atoms with van der Waals surface area (Å²) < 4.78 is 5.35. The van der Waals surface area contributed by atoms with Crippen LogP contribution in [0.15, 0.2) is 0 Å². The summed E-state index contributed by atoms with van der Waals surface area (Å²) in [5, 5.41) is 11.8. The molecule has 1 saturated heterocycles. The van der Waals surface area contributed by atoms with E-state index in [1.54, 1.807) is 0 Å². The van der Waals surface area contributed by atoms with Crippen LogP contribution in [0.3, 0.4) is 0 Å². The summed E-state index contributed by atoms with van der Waals surface area (Å²) in [6.45, 7) is 3.16. The van der Waals surface area contributed by atoms with E-state index >= 15 is 0 Å². The van der Waals surface area contributed by atoms with E-state index in [4.69, 9.17) is 9.84 Å². The van der Waals surface area contributed by atoms with Crippen LogP contribution in [-0.4, -0.2) is 30.6 Å². The Bertz CT molecular complexity index is 102. The van der Waals surface area contributed by atoms with Crippen molar-refractivity contribution in [3.05, 3.63) is 0 Å². The number of nitrogens with one attached hydrogen (secondary N) is 1. The summed E-state index contributed by atoms with van der Waals surface area (Å²) in [4.78, 5) is 0. The first-order valence-electron chi connectivity index (χ1n) is 3.81. The molecule has 1 fully saturated rings. The number of ether oxygens (including phenoxy) is 1. The molecule has 0 bridgehead atoms. The van der Waals surface area contributed by atoms with Crippen molar-refractivity contribution in [3.8, 4) is 0 Å². The lowest BCUT2D eigenvalue weighted by molar-refractivity contribution is 0.0865. The minimum absolute atomic E-state index is 0. The van der Waals surface area contributed by atoms with Gasteiger partial charge in [-0.3, -0.25) is 5.32 Å². The van der Waals surface area contributed by atoms with Gasteiger partial charge in [-0.05, 0) is 19.8 Å². The van der Waals surface area contributed by atoms with Crippen molar-refractivity contribution in [1.82, 2.24) is 5.32 Å². The lowest BCUT2D eigenvalue weighted by atomic mass is 10.3. The van der Waals surface area contributed by atoms with E-state index in [1.807, 2.05) is 0 Å². The molecule has 4 heteroatoms. The summed E-state index contributed by atoms with van der Waals surface area (Å²) in [5.41, 5.74) is 0. The molecule has 1 aliphatic rings. The summed E-state index contributed by atoms with van der Waals surface area (Å²) in [6, 6.07) is 0.476. The van der Waals surface area contributed by atoms with E-state index in [9.17, 15) is 0 Å². The van der Waals surface area contributed by atoms with Crippen LogP contribution in [-0.2, 0) is 4.74 Å². The van der Waals surface area contributed by atoms with Crippen LogP contribution in [0.4, 0.5) is 0 Å². The van der Waals surface area contributed by atoms with Crippen molar-refractivity contribution in [3.63, 3.8) is 0 Å². The highest BCUT2D eigenvalue weighted by molar-refractivity contribution is 5.85. The Morgan fingerprint density at radius 1 is 1.64 bits per heavy atom. The van der Waals surface area contributed by atoms with Gasteiger partial charge in [0, 0.05) is 12.6 Å². The molecule has 2 unspecified atom stereocenters. The molecule has 68 valence electrons. The fraction of sp³-hybridized carbons (Fsp3) is 1.00. The van der Waals surface area contributed by atoms with Gasteiger partial charge in [0.2, 0.25) is 0 Å². The lowest BCUT2D eigenvalue weighted by Gasteiger charge is -2.08. The average molecular weight is 182 g/mol. The topological polar surface area (TPSA) is 41.5 Å². The number of hydrogen-bond acceptors (Lipinski definition) is 3. The highest BCUT2D eigenvalue weighted by Crippen LogP contribution is 2.07. The van der Waals surface area contributed by atoms with Crippen molar-refractivity contribution in [1.29, 1.82) is 0 Å². The molecular weight excluding hydrogens is 166 g/mol. The Morgan fingerprint density at radius 2 is 2.36 bits per heavy atom. The van der Waals surface area contributed by atoms with Crippen LogP contribution < -0.4 is 5.32 Å². The van der Waals surface area contributed by atoms with Crippen molar-refractivity contribution in [2.24, 2.45) is 0 Å². The largest absolute Gasteiger partial charge is 0.396 e. The van der Waals surface area contributed by atoms with E-state index in [0.29, 0.717) is 6.04 Å². The van der Waals surface area contributed by atoms with Crippen LogP contribution >= 0.6 is 12.4 Å². The second-order valence-electron chi connectivity index (χ2n) is 2.76. The van der Waals surface area contributed by atoms with E-state index < -0.39 is 0 Å². The normalized spacial score (nSPS) is 30.0. The van der Waals surface area contributed by atoms with Gasteiger partial charge >= 0.3 is 0 Å². The van der Waals surface area contributed by atoms with Gasteiger partial charge in [0.05, 0.1) is 6.61 Å². The average Bonchev–Trinajstić information content (AvgIpc) is 2.31. The van der Waals surface area contributed by atoms with Gasteiger partial charge in [-0.1, -0.05) is 0 Å². The van der Waals surface area contributed by atoms with E-state index in [1.165, 1.54) is 0 Å². The van der Waals surface area contributed by atoms with Crippen molar-refractivity contribution >= 4 is 12.4 Å². The van der Waals surface area contributed by atoms with E-state index in [-0.39, 0.29) is 25.2 Å². The summed E-state index contributed by atoms with van der Waals surface area (Å²) in [5.74, 6) is 0. The molecule has 2 N–H and O–H groups in total. The van der Waals surface area contributed by atoms with Crippen molar-refractivity contribution in [2.45, 2.75) is 32.0 Å². The van der Waals surface area contributed by atoms with Crippen molar-refractivity contribution in [2.75, 3.05) is 13.2 Å². The maximum atomic E-state index is 8.51. The Kier molecular flexibility index (Phi) is 5.86. The number of halogens is 1. The number of aliphatic hydroxyl groups is 1. The molecule has 3 nitrogen and oxygen atoms in total. The molecule has 0 aliphatic carbocycles. The summed E-state index contributed by atoms with van der Waals surface area (Å²) >= 11 is 0. The highest BCUT2D eigenvalue weighted by atomic mass is 35.5. The van der Waals surface area contributed by atoms with Crippen molar-refractivity contribution < 1.29 is 9.84 Å². The SMILES string of the molecule is CC1COC(CCCO)N1.Cl. The van der Waals surface area contributed by atoms with Gasteiger partial charge < -0.3 is 9.84 Å². The molecule has 0 amide bonds. The molecule has 0 aromatic carbocycles. The third-order valence-corrected chi connectivity index (χ3v) is 1.64. The van der Waals surface area contributed by atoms with Crippen LogP contribution in [0.25, 0.3) is 0 Å². The maximum absolute atomic E-state index is 8.51. The summed E-state index contributed by atoms with van der Waals surface area (Å²) in [6.07, 6.45) is 1.92. The van der Waals surface area contributed by atoms with Gasteiger partial charge in [-0.2, -0.15) is 0 Å². The van der Waals surface area contributed by atoms with E-state index in [0.717, 1.165) is 19.4 Å². The standard InChI is InChI=1S/C7H15NO2.ClH/c1-6-5-10-7(8-6)3-2-4-9;/h6-9H,2-5H2,1H3;1H. The molecule has 0 aromatic rings. The number of rotatable bonds is 3. The molecule has 0 spiro atoms. The third kappa shape index (κ3) is 3.91. The van der Waals surface area contributed by atoms with Crippen LogP contribution in [0.2, 0.25) is 0 Å². The van der Waals surface area contributed by atoms with Crippen LogP contribution in [0, 0.1) is 0 Å². The monoisotopic (exact) mass is 181 g/mol. The Balaban J connectivity index is 0.000001000. The molecule has 0 radical (unpaired) electrons. The zero-order valence-corrected chi connectivity index (χ0v) is 7.56. The molecule has 0 aromatic heterocycles. The highest BCUT2D eigenvalue weighted by Gasteiger charge is 2.19. The molecule has 0 saturated carbocycles. The van der Waals surface area contributed by atoms with Gasteiger partial charge in [0.15, 0.2) is 0 Å². The molecule has 11 heavy (non-hydrogen) atoms. The van der Waals surface area contributed by atoms with Gasteiger partial charge in [0.25, 0.3) is 0 Å². The Hall–Kier alpha value is 0.170. The first-order chi connectivity index (χ1) is 4.83. The second kappa shape index (κ2) is 5.77. The molecule has 2 atom stereocenters.